The van der Waals surface area contributed by atoms with E-state index in [-0.39, 0.29) is 5.91 Å². The monoisotopic (exact) mass is 391 g/mol. The van der Waals surface area contributed by atoms with Crippen molar-refractivity contribution in [2.75, 3.05) is 6.54 Å². The summed E-state index contributed by atoms with van der Waals surface area (Å²) in [5, 5.41) is 2.88. The average molecular weight is 391 g/mol. The molecule has 2 aromatic carbocycles. The van der Waals surface area contributed by atoms with Crippen LogP contribution in [0, 0.1) is 0 Å². The molecule has 1 aliphatic rings. The van der Waals surface area contributed by atoms with Gasteiger partial charge in [0.2, 0.25) is 0 Å². The van der Waals surface area contributed by atoms with Crippen LogP contribution in [0.4, 0.5) is 0 Å². The summed E-state index contributed by atoms with van der Waals surface area (Å²) in [6.07, 6.45) is 6.70. The van der Waals surface area contributed by atoms with E-state index < -0.39 is 0 Å². The first-order valence-electron chi connectivity index (χ1n) is 10.1. The number of nitrogens with one attached hydrogen (secondary N) is 2. The van der Waals surface area contributed by atoms with Gasteiger partial charge in [-0.1, -0.05) is 60.7 Å². The molecule has 146 valence electrons. The first kappa shape index (κ1) is 18.1. The van der Waals surface area contributed by atoms with Crippen LogP contribution in [0.3, 0.4) is 0 Å². The van der Waals surface area contributed by atoms with Crippen LogP contribution in [0.1, 0.15) is 27.3 Å². The molecule has 5 rings (SSSR count). The number of carbonyl (C=O) groups excluding carboxylic acids is 1. The number of H-pyrrole nitrogens is 1. The van der Waals surface area contributed by atoms with Gasteiger partial charge in [0, 0.05) is 36.1 Å². The van der Waals surface area contributed by atoms with Crippen LogP contribution < -0.4 is 5.32 Å². The lowest BCUT2D eigenvalue weighted by molar-refractivity contribution is 0.0946. The predicted octanol–water partition coefficient (Wildman–Crippen LogP) is 5.20. The summed E-state index contributed by atoms with van der Waals surface area (Å²) in [6.45, 7) is 0.680. The topological polar surface area (TPSA) is 57.8 Å². The third kappa shape index (κ3) is 3.67. The quantitative estimate of drug-likeness (QED) is 0.502. The van der Waals surface area contributed by atoms with Gasteiger partial charge in [-0.3, -0.25) is 9.78 Å². The number of aromatic amines is 1. The molecule has 0 atom stereocenters. The maximum absolute atomic E-state index is 12.0. The van der Waals surface area contributed by atoms with Crippen molar-refractivity contribution >= 4 is 18.1 Å². The number of aromatic nitrogens is 2. The van der Waals surface area contributed by atoms with Crippen LogP contribution in [0.2, 0.25) is 0 Å². The Morgan fingerprint density at radius 3 is 2.43 bits per heavy atom. The summed E-state index contributed by atoms with van der Waals surface area (Å²) in [5.74, 6) is -0.00752. The molecule has 0 saturated carbocycles. The zero-order chi connectivity index (χ0) is 20.3. The van der Waals surface area contributed by atoms with Crippen molar-refractivity contribution in [2.24, 2.45) is 0 Å². The van der Waals surface area contributed by atoms with Crippen LogP contribution in [0.15, 0.2) is 79.0 Å². The van der Waals surface area contributed by atoms with E-state index in [0.717, 1.165) is 40.2 Å². The second-order valence-corrected chi connectivity index (χ2v) is 7.37. The van der Waals surface area contributed by atoms with Crippen LogP contribution in [0.5, 0.6) is 0 Å². The lowest BCUT2D eigenvalue weighted by Gasteiger charge is -2.10. The van der Waals surface area contributed by atoms with Crippen LogP contribution in [0.25, 0.3) is 34.5 Å². The van der Waals surface area contributed by atoms with Gasteiger partial charge in [-0.25, -0.2) is 0 Å². The zero-order valence-corrected chi connectivity index (χ0v) is 16.4. The molecule has 0 bridgehead atoms. The van der Waals surface area contributed by atoms with E-state index in [1.54, 1.807) is 6.20 Å². The van der Waals surface area contributed by atoms with E-state index in [9.17, 15) is 4.79 Å². The highest BCUT2D eigenvalue weighted by Crippen LogP contribution is 2.25. The molecule has 1 amide bonds. The lowest BCUT2D eigenvalue weighted by Crippen LogP contribution is -2.31. The average Bonchev–Trinajstić information content (AvgIpc) is 3.25. The number of carbonyl (C=O) groups is 1. The van der Waals surface area contributed by atoms with Crippen LogP contribution in [-0.4, -0.2) is 22.4 Å². The van der Waals surface area contributed by atoms with Gasteiger partial charge in [-0.05, 0) is 41.0 Å². The molecule has 2 N–H and O–H groups in total. The van der Waals surface area contributed by atoms with Crippen LogP contribution >= 0.6 is 0 Å². The molecule has 0 aliphatic carbocycles. The Kier molecular flexibility index (Phi) is 4.74. The lowest BCUT2D eigenvalue weighted by atomic mass is 10.0. The van der Waals surface area contributed by atoms with E-state index in [2.05, 4.69) is 69.9 Å². The number of fused-ring (bicyclic) bond motifs is 1. The SMILES string of the molecule is O=C1NCCc2[nH]c(-c3ccnc(C=Cc4ccc(-c5ccccc5)cc4)c3)cc21. The third-order valence-corrected chi connectivity index (χ3v) is 5.36. The molecule has 4 nitrogen and oxygen atoms in total. The van der Waals surface area contributed by atoms with Crippen molar-refractivity contribution in [3.63, 3.8) is 0 Å². The molecule has 0 saturated heterocycles. The van der Waals surface area contributed by atoms with Crippen molar-refractivity contribution in [1.29, 1.82) is 0 Å². The van der Waals surface area contributed by atoms with Gasteiger partial charge in [-0.2, -0.15) is 0 Å². The first-order valence-corrected chi connectivity index (χ1v) is 10.1. The minimum Gasteiger partial charge on any atom is -0.358 e. The molecule has 0 spiro atoms. The second kappa shape index (κ2) is 7.84. The normalized spacial score (nSPS) is 13.3. The summed E-state index contributed by atoms with van der Waals surface area (Å²) in [6, 6.07) is 24.8. The Bertz CT molecular complexity index is 1220. The number of benzene rings is 2. The van der Waals surface area contributed by atoms with Gasteiger partial charge in [0.05, 0.1) is 11.3 Å². The summed E-state index contributed by atoms with van der Waals surface area (Å²) in [4.78, 5) is 19.9. The molecule has 0 fully saturated rings. The zero-order valence-electron chi connectivity index (χ0n) is 16.4. The number of hydrogen-bond donors (Lipinski definition) is 2. The standard InChI is InChI=1S/C26H21N3O/c30-26-23-17-25(29-24(23)13-15-28-26)21-12-14-27-22(16-21)11-8-18-6-9-20(10-7-18)19-4-2-1-3-5-19/h1-12,14,16-17,29H,13,15H2,(H,28,30). The molecule has 0 radical (unpaired) electrons. The molecule has 4 aromatic rings. The highest BCUT2D eigenvalue weighted by Gasteiger charge is 2.19. The Morgan fingerprint density at radius 1 is 0.833 bits per heavy atom. The van der Waals surface area contributed by atoms with Gasteiger partial charge in [0.1, 0.15) is 0 Å². The van der Waals surface area contributed by atoms with E-state index in [1.165, 1.54) is 11.1 Å². The second-order valence-electron chi connectivity index (χ2n) is 7.37. The largest absolute Gasteiger partial charge is 0.358 e. The Balaban J connectivity index is 1.36. The number of rotatable bonds is 4. The van der Waals surface area contributed by atoms with Crippen molar-refractivity contribution in [1.82, 2.24) is 15.3 Å². The molecule has 1 aliphatic heterocycles. The number of hydrogen-bond acceptors (Lipinski definition) is 2. The number of pyridine rings is 1. The summed E-state index contributed by atoms with van der Waals surface area (Å²) >= 11 is 0. The Morgan fingerprint density at radius 2 is 1.63 bits per heavy atom. The predicted molar refractivity (Wildman–Crippen MR) is 121 cm³/mol. The minimum atomic E-state index is -0.00752. The van der Waals surface area contributed by atoms with E-state index in [0.29, 0.717) is 6.54 Å². The molecular weight excluding hydrogens is 370 g/mol. The molecule has 4 heteroatoms. The third-order valence-electron chi connectivity index (χ3n) is 5.36. The van der Waals surface area contributed by atoms with Gasteiger partial charge in [0.15, 0.2) is 0 Å². The van der Waals surface area contributed by atoms with Crippen LogP contribution in [-0.2, 0) is 6.42 Å². The van der Waals surface area contributed by atoms with Gasteiger partial charge >= 0.3 is 0 Å². The smallest absolute Gasteiger partial charge is 0.253 e. The fraction of sp³-hybridized carbons (Fsp3) is 0.0769. The van der Waals surface area contributed by atoms with E-state index >= 15 is 0 Å². The summed E-state index contributed by atoms with van der Waals surface area (Å²) in [5.41, 5.74) is 8.11. The van der Waals surface area contributed by atoms with Crippen molar-refractivity contribution in [2.45, 2.75) is 6.42 Å². The Hall–Kier alpha value is -3.92. The highest BCUT2D eigenvalue weighted by molar-refractivity contribution is 5.97. The van der Waals surface area contributed by atoms with Crippen molar-refractivity contribution < 1.29 is 4.79 Å². The fourth-order valence-corrected chi connectivity index (χ4v) is 3.75. The van der Waals surface area contributed by atoms with Crippen molar-refractivity contribution in [3.05, 3.63) is 102 Å². The fourth-order valence-electron chi connectivity index (χ4n) is 3.75. The molecular formula is C26H21N3O. The minimum absolute atomic E-state index is 0.00752. The summed E-state index contributed by atoms with van der Waals surface area (Å²) < 4.78 is 0. The van der Waals surface area contributed by atoms with E-state index in [4.69, 9.17) is 0 Å². The molecule has 30 heavy (non-hydrogen) atoms. The molecule has 3 heterocycles. The van der Waals surface area contributed by atoms with Gasteiger partial charge in [-0.15, -0.1) is 0 Å². The maximum atomic E-state index is 12.0. The number of nitrogens with zero attached hydrogens (tertiary/aromatic N) is 1. The van der Waals surface area contributed by atoms with Gasteiger partial charge < -0.3 is 10.3 Å². The Labute approximate surface area is 175 Å². The molecule has 2 aromatic heterocycles. The first-order chi connectivity index (χ1) is 14.8. The van der Waals surface area contributed by atoms with Gasteiger partial charge in [0.25, 0.3) is 5.91 Å². The van der Waals surface area contributed by atoms with E-state index in [1.807, 2.05) is 30.3 Å². The summed E-state index contributed by atoms with van der Waals surface area (Å²) in [7, 11) is 0. The maximum Gasteiger partial charge on any atom is 0.253 e. The number of amides is 1. The molecule has 0 unspecified atom stereocenters. The van der Waals surface area contributed by atoms with Crippen molar-refractivity contribution in [3.8, 4) is 22.4 Å². The highest BCUT2D eigenvalue weighted by atomic mass is 16.1.